The molecule has 0 radical (unpaired) electrons. The number of methoxy groups -OCH3 is 1. The van der Waals surface area contributed by atoms with Crippen molar-refractivity contribution in [2.75, 3.05) is 20.7 Å². The minimum absolute atomic E-state index is 0.0820. The number of phenols is 1. The maximum Gasteiger partial charge on any atom is 0.310 e. The van der Waals surface area contributed by atoms with Crippen molar-refractivity contribution in [1.29, 1.82) is 0 Å². The lowest BCUT2D eigenvalue weighted by molar-refractivity contribution is -0.146. The molecular formula is C14H19NO4. The van der Waals surface area contributed by atoms with E-state index in [4.69, 9.17) is 5.11 Å². The molecule has 1 amide bonds. The van der Waals surface area contributed by atoms with E-state index in [1.165, 1.54) is 12.0 Å². The van der Waals surface area contributed by atoms with E-state index < -0.39 is 0 Å². The second kappa shape index (κ2) is 6.78. The van der Waals surface area contributed by atoms with Crippen LogP contribution in [0, 0.1) is 5.92 Å². The van der Waals surface area contributed by atoms with Gasteiger partial charge in [0.15, 0.2) is 0 Å². The van der Waals surface area contributed by atoms with Crippen LogP contribution in [0.3, 0.4) is 0 Å². The number of amides is 1. The Labute approximate surface area is 112 Å². The Hall–Kier alpha value is -2.04. The molecule has 0 bridgehead atoms. The van der Waals surface area contributed by atoms with Crippen LogP contribution in [0.1, 0.15) is 12.5 Å². The van der Waals surface area contributed by atoms with E-state index in [9.17, 15) is 9.59 Å². The lowest BCUT2D eigenvalue weighted by atomic mass is 10.1. The van der Waals surface area contributed by atoms with Crippen LogP contribution >= 0.6 is 0 Å². The third-order valence-corrected chi connectivity index (χ3v) is 2.87. The molecule has 5 heteroatoms. The monoisotopic (exact) mass is 265 g/mol. The third kappa shape index (κ3) is 4.62. The zero-order valence-electron chi connectivity index (χ0n) is 11.4. The molecule has 0 heterocycles. The Morgan fingerprint density at radius 1 is 1.32 bits per heavy atom. The molecule has 1 N–H and O–H groups in total. The van der Waals surface area contributed by atoms with E-state index in [1.54, 1.807) is 38.2 Å². The fraction of sp³-hybridized carbons (Fsp3) is 0.429. The number of carbonyl (C=O) groups is 2. The van der Waals surface area contributed by atoms with Crippen LogP contribution in [-0.2, 0) is 20.7 Å². The van der Waals surface area contributed by atoms with Gasteiger partial charge in [0.25, 0.3) is 0 Å². The number of benzene rings is 1. The Balaban J connectivity index is 2.53. The van der Waals surface area contributed by atoms with Crippen molar-refractivity contribution in [3.63, 3.8) is 0 Å². The highest BCUT2D eigenvalue weighted by Crippen LogP contribution is 2.11. The highest BCUT2D eigenvalue weighted by Gasteiger charge is 2.18. The quantitative estimate of drug-likeness (QED) is 0.812. The molecule has 1 atom stereocenters. The summed E-state index contributed by atoms with van der Waals surface area (Å²) in [6.07, 6.45) is 0.241. The zero-order chi connectivity index (χ0) is 14.4. The van der Waals surface area contributed by atoms with Gasteiger partial charge in [-0.3, -0.25) is 9.59 Å². The van der Waals surface area contributed by atoms with Gasteiger partial charge in [0.05, 0.1) is 19.4 Å². The molecular weight excluding hydrogens is 246 g/mol. The van der Waals surface area contributed by atoms with Crippen molar-refractivity contribution in [3.05, 3.63) is 29.8 Å². The molecule has 1 aromatic carbocycles. The summed E-state index contributed by atoms with van der Waals surface area (Å²) in [4.78, 5) is 24.7. The van der Waals surface area contributed by atoms with Crippen molar-refractivity contribution in [1.82, 2.24) is 4.90 Å². The van der Waals surface area contributed by atoms with Gasteiger partial charge in [-0.1, -0.05) is 19.1 Å². The number of phenolic OH excluding ortho intramolecular Hbond substituents is 1. The molecule has 0 spiro atoms. The first-order valence-electron chi connectivity index (χ1n) is 6.03. The maximum absolute atomic E-state index is 12.0. The number of aromatic hydroxyl groups is 1. The van der Waals surface area contributed by atoms with Crippen LogP contribution in [0.25, 0.3) is 0 Å². The first kappa shape index (κ1) is 15.0. The molecule has 0 aliphatic carbocycles. The number of hydrogen-bond donors (Lipinski definition) is 1. The molecule has 104 valence electrons. The van der Waals surface area contributed by atoms with Gasteiger partial charge in [-0.05, 0) is 17.7 Å². The van der Waals surface area contributed by atoms with E-state index in [1.807, 2.05) is 0 Å². The highest BCUT2D eigenvalue weighted by atomic mass is 16.5. The topological polar surface area (TPSA) is 66.8 Å². The Kier molecular flexibility index (Phi) is 5.36. The van der Waals surface area contributed by atoms with E-state index in [0.717, 1.165) is 5.56 Å². The lowest BCUT2D eigenvalue weighted by Gasteiger charge is -2.20. The molecule has 19 heavy (non-hydrogen) atoms. The number of ether oxygens (including phenoxy) is 1. The van der Waals surface area contributed by atoms with Gasteiger partial charge in [-0.2, -0.15) is 0 Å². The number of hydrogen-bond acceptors (Lipinski definition) is 4. The fourth-order valence-electron chi connectivity index (χ4n) is 1.71. The molecule has 1 unspecified atom stereocenters. The van der Waals surface area contributed by atoms with Gasteiger partial charge in [-0.25, -0.2) is 0 Å². The number of rotatable bonds is 5. The van der Waals surface area contributed by atoms with Crippen molar-refractivity contribution >= 4 is 11.9 Å². The smallest absolute Gasteiger partial charge is 0.310 e. The van der Waals surface area contributed by atoms with Gasteiger partial charge < -0.3 is 14.7 Å². The second-order valence-corrected chi connectivity index (χ2v) is 4.54. The first-order chi connectivity index (χ1) is 8.93. The normalized spacial score (nSPS) is 11.7. The van der Waals surface area contributed by atoms with Crippen molar-refractivity contribution < 1.29 is 19.4 Å². The second-order valence-electron chi connectivity index (χ2n) is 4.54. The summed E-state index contributed by atoms with van der Waals surface area (Å²) in [5.74, 6) is -0.589. The first-order valence-corrected chi connectivity index (χ1v) is 6.03. The van der Waals surface area contributed by atoms with Crippen LogP contribution < -0.4 is 0 Å². The average Bonchev–Trinajstić information content (AvgIpc) is 2.40. The number of likely N-dealkylation sites (N-methyl/N-ethyl adjacent to an activating group) is 1. The van der Waals surface area contributed by atoms with Gasteiger partial charge in [0, 0.05) is 13.6 Å². The van der Waals surface area contributed by atoms with Crippen LogP contribution in [-0.4, -0.2) is 42.6 Å². The molecule has 0 saturated heterocycles. The van der Waals surface area contributed by atoms with Gasteiger partial charge in [-0.15, -0.1) is 0 Å². The van der Waals surface area contributed by atoms with Crippen LogP contribution in [0.5, 0.6) is 5.75 Å². The summed E-state index contributed by atoms with van der Waals surface area (Å²) >= 11 is 0. The Morgan fingerprint density at radius 3 is 2.42 bits per heavy atom. The largest absolute Gasteiger partial charge is 0.508 e. The molecule has 0 aromatic heterocycles. The summed E-state index contributed by atoms with van der Waals surface area (Å²) < 4.78 is 4.62. The van der Waals surface area contributed by atoms with E-state index in [0.29, 0.717) is 6.54 Å². The maximum atomic E-state index is 12.0. The molecule has 0 fully saturated rings. The van der Waals surface area contributed by atoms with Crippen molar-refractivity contribution in [2.45, 2.75) is 13.3 Å². The molecule has 0 saturated carbocycles. The molecule has 5 nitrogen and oxygen atoms in total. The van der Waals surface area contributed by atoms with Crippen molar-refractivity contribution in [3.8, 4) is 5.75 Å². The summed E-state index contributed by atoms with van der Waals surface area (Å²) in [7, 11) is 2.99. The summed E-state index contributed by atoms with van der Waals surface area (Å²) in [5, 5.41) is 9.16. The summed E-state index contributed by atoms with van der Waals surface area (Å²) in [5.41, 5.74) is 0.820. The minimum Gasteiger partial charge on any atom is -0.508 e. The van der Waals surface area contributed by atoms with Gasteiger partial charge in [0.1, 0.15) is 5.75 Å². The van der Waals surface area contributed by atoms with E-state index in [-0.39, 0.29) is 30.0 Å². The van der Waals surface area contributed by atoms with Crippen LogP contribution in [0.2, 0.25) is 0 Å². The highest BCUT2D eigenvalue weighted by molar-refractivity contribution is 5.79. The predicted octanol–water partition coefficient (Wildman–Crippen LogP) is 1.20. The fourth-order valence-corrected chi connectivity index (χ4v) is 1.71. The number of esters is 1. The lowest BCUT2D eigenvalue weighted by Crippen LogP contribution is -2.35. The van der Waals surface area contributed by atoms with E-state index >= 15 is 0 Å². The third-order valence-electron chi connectivity index (χ3n) is 2.87. The summed E-state index contributed by atoms with van der Waals surface area (Å²) in [6, 6.07) is 6.48. The standard InChI is InChI=1S/C14H19NO4/c1-10(14(18)19-3)9-15(2)13(17)8-11-4-6-12(16)7-5-11/h4-7,10,16H,8-9H2,1-3H3. The molecule has 1 rings (SSSR count). The SMILES string of the molecule is COC(=O)C(C)CN(C)C(=O)Cc1ccc(O)cc1. The summed E-state index contributed by atoms with van der Waals surface area (Å²) in [6.45, 7) is 2.04. The van der Waals surface area contributed by atoms with Crippen molar-refractivity contribution in [2.24, 2.45) is 5.92 Å². The van der Waals surface area contributed by atoms with Crippen LogP contribution in [0.15, 0.2) is 24.3 Å². The van der Waals surface area contributed by atoms with E-state index in [2.05, 4.69) is 4.74 Å². The van der Waals surface area contributed by atoms with Gasteiger partial charge in [0.2, 0.25) is 5.91 Å². The molecule has 0 aliphatic heterocycles. The molecule has 0 aliphatic rings. The number of carbonyl (C=O) groups excluding carboxylic acids is 2. The Morgan fingerprint density at radius 2 is 1.89 bits per heavy atom. The minimum atomic E-state index is -0.348. The number of nitrogens with zero attached hydrogens (tertiary/aromatic N) is 1. The van der Waals surface area contributed by atoms with Gasteiger partial charge >= 0.3 is 5.97 Å². The predicted molar refractivity (Wildman–Crippen MR) is 70.6 cm³/mol. The average molecular weight is 265 g/mol. The van der Waals surface area contributed by atoms with Crippen LogP contribution in [0.4, 0.5) is 0 Å². The molecule has 1 aromatic rings. The Bertz CT molecular complexity index is 441. The zero-order valence-corrected chi connectivity index (χ0v) is 11.4.